The summed E-state index contributed by atoms with van der Waals surface area (Å²) >= 11 is 0. The molecule has 0 unspecified atom stereocenters. The highest BCUT2D eigenvalue weighted by Crippen LogP contribution is 2.21. The Morgan fingerprint density at radius 2 is 1.34 bits per heavy atom. The highest BCUT2D eigenvalue weighted by molar-refractivity contribution is 5.82. The number of para-hydroxylation sites is 2. The van der Waals surface area contributed by atoms with E-state index in [4.69, 9.17) is 9.72 Å². The molecule has 0 bridgehead atoms. The second-order valence-corrected chi connectivity index (χ2v) is 7.16. The molecule has 0 amide bonds. The van der Waals surface area contributed by atoms with E-state index in [2.05, 4.69) is 5.10 Å². The van der Waals surface area contributed by atoms with Crippen molar-refractivity contribution in [2.24, 2.45) is 5.10 Å². The molecule has 0 radical (unpaired) electrons. The van der Waals surface area contributed by atoms with Gasteiger partial charge in [-0.25, -0.2) is 4.98 Å². The smallest absolute Gasteiger partial charge is 0.282 e. The Morgan fingerprint density at radius 3 is 2.09 bits per heavy atom. The molecular formula is C27H19N3O2. The van der Waals surface area contributed by atoms with Crippen LogP contribution in [-0.4, -0.2) is 15.9 Å². The number of fused-ring (bicyclic) bond motifs is 1. The van der Waals surface area contributed by atoms with Gasteiger partial charge >= 0.3 is 0 Å². The van der Waals surface area contributed by atoms with Crippen LogP contribution in [0.5, 0.6) is 11.5 Å². The van der Waals surface area contributed by atoms with Crippen molar-refractivity contribution in [3.8, 4) is 22.9 Å². The van der Waals surface area contributed by atoms with Crippen LogP contribution >= 0.6 is 0 Å². The summed E-state index contributed by atoms with van der Waals surface area (Å²) < 4.78 is 7.18. The highest BCUT2D eigenvalue weighted by Gasteiger charge is 2.11. The van der Waals surface area contributed by atoms with Crippen LogP contribution in [0.3, 0.4) is 0 Å². The molecular weight excluding hydrogens is 398 g/mol. The maximum Gasteiger partial charge on any atom is 0.282 e. The molecule has 1 aromatic heterocycles. The van der Waals surface area contributed by atoms with Gasteiger partial charge in [-0.15, -0.1) is 0 Å². The van der Waals surface area contributed by atoms with E-state index in [-0.39, 0.29) is 5.56 Å². The topological polar surface area (TPSA) is 56.5 Å². The summed E-state index contributed by atoms with van der Waals surface area (Å²) in [7, 11) is 0. The summed E-state index contributed by atoms with van der Waals surface area (Å²) in [6.07, 6.45) is 1.65. The second kappa shape index (κ2) is 8.70. The minimum atomic E-state index is -0.213. The number of hydrogen-bond acceptors (Lipinski definition) is 4. The molecule has 0 aliphatic carbocycles. The van der Waals surface area contributed by atoms with Crippen LogP contribution in [0.2, 0.25) is 0 Å². The Kier molecular flexibility index (Phi) is 5.29. The van der Waals surface area contributed by atoms with Crippen molar-refractivity contribution in [1.82, 2.24) is 9.66 Å². The summed E-state index contributed by atoms with van der Waals surface area (Å²) in [5.74, 6) is 1.99. The van der Waals surface area contributed by atoms with Gasteiger partial charge in [-0.1, -0.05) is 60.7 Å². The van der Waals surface area contributed by atoms with Crippen molar-refractivity contribution >= 4 is 17.1 Å². The SMILES string of the molecule is O=c1c2ccccc2nc(-c2ccccc2)n1/N=C/c1ccc(Oc2ccccc2)cc1. The molecule has 154 valence electrons. The number of benzene rings is 4. The van der Waals surface area contributed by atoms with E-state index in [1.807, 2.05) is 103 Å². The molecule has 0 atom stereocenters. The zero-order valence-corrected chi connectivity index (χ0v) is 17.1. The molecule has 0 saturated heterocycles. The predicted molar refractivity (Wildman–Crippen MR) is 127 cm³/mol. The Bertz CT molecular complexity index is 1440. The van der Waals surface area contributed by atoms with E-state index >= 15 is 0 Å². The Hall–Kier alpha value is -4.51. The third kappa shape index (κ3) is 4.04. The Morgan fingerprint density at radius 1 is 0.719 bits per heavy atom. The number of rotatable bonds is 5. The van der Waals surface area contributed by atoms with Crippen molar-refractivity contribution in [2.45, 2.75) is 0 Å². The second-order valence-electron chi connectivity index (χ2n) is 7.16. The molecule has 0 spiro atoms. The van der Waals surface area contributed by atoms with E-state index in [1.54, 1.807) is 12.3 Å². The molecule has 0 aliphatic heterocycles. The molecule has 4 aromatic carbocycles. The molecule has 5 rings (SSSR count). The molecule has 0 N–H and O–H groups in total. The fraction of sp³-hybridized carbons (Fsp3) is 0. The molecule has 1 heterocycles. The van der Waals surface area contributed by atoms with Crippen molar-refractivity contribution in [2.75, 3.05) is 0 Å². The van der Waals surface area contributed by atoms with Gasteiger partial charge in [-0.3, -0.25) is 4.79 Å². The normalized spacial score (nSPS) is 11.1. The van der Waals surface area contributed by atoms with Crippen LogP contribution in [0, 0.1) is 0 Å². The van der Waals surface area contributed by atoms with Gasteiger partial charge in [0.15, 0.2) is 5.82 Å². The standard InChI is InChI=1S/C27H19N3O2/c31-27-24-13-7-8-14-25(24)29-26(21-9-3-1-4-10-21)30(27)28-19-20-15-17-23(18-16-20)32-22-11-5-2-6-12-22/h1-19H/b28-19+. The van der Waals surface area contributed by atoms with Crippen LogP contribution in [0.4, 0.5) is 0 Å². The molecule has 5 nitrogen and oxygen atoms in total. The van der Waals surface area contributed by atoms with E-state index < -0.39 is 0 Å². The van der Waals surface area contributed by atoms with E-state index in [0.717, 1.165) is 22.6 Å². The number of nitrogens with zero attached hydrogens (tertiary/aromatic N) is 3. The van der Waals surface area contributed by atoms with Gasteiger partial charge in [0.2, 0.25) is 0 Å². The van der Waals surface area contributed by atoms with Gasteiger partial charge < -0.3 is 4.74 Å². The predicted octanol–water partition coefficient (Wildman–Crippen LogP) is 5.74. The average Bonchev–Trinajstić information content (AvgIpc) is 2.85. The van der Waals surface area contributed by atoms with Gasteiger partial charge in [0.05, 0.1) is 17.1 Å². The molecule has 0 saturated carbocycles. The maximum absolute atomic E-state index is 13.2. The Balaban J connectivity index is 1.50. The number of aromatic nitrogens is 2. The zero-order valence-electron chi connectivity index (χ0n) is 17.1. The molecule has 0 aliphatic rings. The Labute approximate surface area is 184 Å². The minimum absolute atomic E-state index is 0.213. The number of hydrogen-bond donors (Lipinski definition) is 0. The van der Waals surface area contributed by atoms with Crippen LogP contribution in [0.1, 0.15) is 5.56 Å². The van der Waals surface area contributed by atoms with E-state index in [0.29, 0.717) is 16.7 Å². The first-order valence-electron chi connectivity index (χ1n) is 10.2. The van der Waals surface area contributed by atoms with Crippen molar-refractivity contribution in [3.63, 3.8) is 0 Å². The largest absolute Gasteiger partial charge is 0.457 e. The quantitative estimate of drug-likeness (QED) is 0.343. The lowest BCUT2D eigenvalue weighted by Crippen LogP contribution is -2.20. The van der Waals surface area contributed by atoms with Gasteiger partial charge in [0.1, 0.15) is 11.5 Å². The molecule has 5 aromatic rings. The van der Waals surface area contributed by atoms with Crippen molar-refractivity contribution in [3.05, 3.63) is 125 Å². The average molecular weight is 417 g/mol. The van der Waals surface area contributed by atoms with Crippen LogP contribution in [-0.2, 0) is 0 Å². The van der Waals surface area contributed by atoms with Gasteiger partial charge in [0, 0.05) is 5.56 Å². The van der Waals surface area contributed by atoms with Crippen LogP contribution < -0.4 is 10.3 Å². The maximum atomic E-state index is 13.2. The van der Waals surface area contributed by atoms with Gasteiger partial charge in [0.25, 0.3) is 5.56 Å². The summed E-state index contributed by atoms with van der Waals surface area (Å²) in [5.41, 5.74) is 2.09. The number of ether oxygens (including phenoxy) is 1. The van der Waals surface area contributed by atoms with Crippen molar-refractivity contribution < 1.29 is 4.74 Å². The van der Waals surface area contributed by atoms with Crippen LogP contribution in [0.15, 0.2) is 119 Å². The van der Waals surface area contributed by atoms with Crippen molar-refractivity contribution in [1.29, 1.82) is 0 Å². The third-order valence-electron chi connectivity index (χ3n) is 4.97. The zero-order chi connectivity index (χ0) is 21.8. The fourth-order valence-electron chi connectivity index (χ4n) is 3.38. The van der Waals surface area contributed by atoms with E-state index in [9.17, 15) is 4.79 Å². The first kappa shape index (κ1) is 19.5. The monoisotopic (exact) mass is 417 g/mol. The summed E-state index contributed by atoms with van der Waals surface area (Å²) in [6.45, 7) is 0. The third-order valence-corrected chi connectivity index (χ3v) is 4.97. The first-order valence-corrected chi connectivity index (χ1v) is 10.2. The molecule has 0 fully saturated rings. The van der Waals surface area contributed by atoms with Crippen LogP contribution in [0.25, 0.3) is 22.3 Å². The minimum Gasteiger partial charge on any atom is -0.457 e. The highest BCUT2D eigenvalue weighted by atomic mass is 16.5. The first-order chi connectivity index (χ1) is 15.8. The summed E-state index contributed by atoms with van der Waals surface area (Å²) in [5, 5.41) is 5.02. The fourth-order valence-corrected chi connectivity index (χ4v) is 3.38. The lowest BCUT2D eigenvalue weighted by atomic mass is 10.2. The van der Waals surface area contributed by atoms with Gasteiger partial charge in [-0.05, 0) is 54.1 Å². The summed E-state index contributed by atoms with van der Waals surface area (Å²) in [4.78, 5) is 17.9. The summed E-state index contributed by atoms with van der Waals surface area (Å²) in [6, 6.07) is 34.0. The van der Waals surface area contributed by atoms with Gasteiger partial charge in [-0.2, -0.15) is 9.78 Å². The molecule has 5 heteroatoms. The lowest BCUT2D eigenvalue weighted by Gasteiger charge is -2.09. The van der Waals surface area contributed by atoms with E-state index in [1.165, 1.54) is 4.68 Å². The lowest BCUT2D eigenvalue weighted by molar-refractivity contribution is 0.482. The molecule has 32 heavy (non-hydrogen) atoms.